The summed E-state index contributed by atoms with van der Waals surface area (Å²) in [5.74, 6) is 1.28. The Bertz CT molecular complexity index is 575. The van der Waals surface area contributed by atoms with E-state index in [1.54, 1.807) is 5.57 Å². The Hall–Kier alpha value is -0.340. The topological polar surface area (TPSA) is 18.5 Å². The predicted octanol–water partition coefficient (Wildman–Crippen LogP) is 6.11. The SMILES string of the molecule is CC1(C)OCC([C@]2(C)C=C3CCC4C(C)(C)CCC[C@]4(C)C3CC2)O1. The smallest absolute Gasteiger partial charge is 0.163 e. The van der Waals surface area contributed by atoms with Gasteiger partial charge in [0, 0.05) is 5.41 Å². The van der Waals surface area contributed by atoms with Gasteiger partial charge in [0.2, 0.25) is 0 Å². The molecule has 1 saturated heterocycles. The zero-order valence-corrected chi connectivity index (χ0v) is 17.3. The summed E-state index contributed by atoms with van der Waals surface area (Å²) in [5.41, 5.74) is 2.93. The van der Waals surface area contributed by atoms with E-state index in [0.717, 1.165) is 18.4 Å². The van der Waals surface area contributed by atoms with Crippen LogP contribution in [0.5, 0.6) is 0 Å². The minimum absolute atomic E-state index is 0.146. The summed E-state index contributed by atoms with van der Waals surface area (Å²) in [6.45, 7) is 14.9. The van der Waals surface area contributed by atoms with Gasteiger partial charge in [-0.1, -0.05) is 45.8 Å². The number of rotatable bonds is 1. The van der Waals surface area contributed by atoms with Crippen LogP contribution in [-0.2, 0) is 9.47 Å². The summed E-state index contributed by atoms with van der Waals surface area (Å²) in [5, 5.41) is 0. The van der Waals surface area contributed by atoms with E-state index in [2.05, 4.69) is 33.8 Å². The standard InChI is InChI=1S/C23H38O2/c1-20(2)11-7-12-23(6)17-10-13-22(5,14-16(17)8-9-18(20)23)19-15-24-21(3,4)25-19/h14,17-19H,7-13,15H2,1-6H3/t17?,18?,19?,22-,23+/m0/s1. The number of allylic oxidation sites excluding steroid dienone is 1. The van der Waals surface area contributed by atoms with Gasteiger partial charge in [0.15, 0.2) is 5.79 Å². The Kier molecular flexibility index (Phi) is 4.03. The van der Waals surface area contributed by atoms with Gasteiger partial charge in [-0.05, 0) is 75.0 Å². The minimum Gasteiger partial charge on any atom is -0.348 e. The van der Waals surface area contributed by atoms with E-state index in [-0.39, 0.29) is 11.5 Å². The van der Waals surface area contributed by atoms with E-state index < -0.39 is 5.79 Å². The predicted molar refractivity (Wildman–Crippen MR) is 102 cm³/mol. The van der Waals surface area contributed by atoms with Gasteiger partial charge in [-0.15, -0.1) is 0 Å². The molecular formula is C23H38O2. The Labute approximate surface area is 154 Å². The number of hydrogen-bond donors (Lipinski definition) is 0. The summed E-state index contributed by atoms with van der Waals surface area (Å²) >= 11 is 0. The van der Waals surface area contributed by atoms with Crippen molar-refractivity contribution in [1.82, 2.24) is 0 Å². The largest absolute Gasteiger partial charge is 0.348 e. The minimum atomic E-state index is -0.417. The number of fused-ring (bicyclic) bond motifs is 3. The third-order valence-electron chi connectivity index (χ3n) is 8.47. The van der Waals surface area contributed by atoms with Crippen LogP contribution in [0, 0.1) is 28.1 Å². The molecule has 2 heteroatoms. The van der Waals surface area contributed by atoms with Crippen molar-refractivity contribution >= 4 is 0 Å². The molecule has 2 nitrogen and oxygen atoms in total. The maximum atomic E-state index is 6.27. The van der Waals surface area contributed by atoms with Crippen molar-refractivity contribution in [2.75, 3.05) is 6.61 Å². The summed E-state index contributed by atoms with van der Waals surface area (Å²) in [4.78, 5) is 0. The number of hydrogen-bond acceptors (Lipinski definition) is 2. The van der Waals surface area contributed by atoms with E-state index in [4.69, 9.17) is 9.47 Å². The first-order valence-corrected chi connectivity index (χ1v) is 10.6. The highest BCUT2D eigenvalue weighted by atomic mass is 16.7. The molecule has 0 amide bonds. The van der Waals surface area contributed by atoms with Gasteiger partial charge >= 0.3 is 0 Å². The Balaban J connectivity index is 1.61. The molecule has 0 aromatic rings. The third kappa shape index (κ3) is 2.83. The first-order valence-electron chi connectivity index (χ1n) is 10.6. The van der Waals surface area contributed by atoms with Gasteiger partial charge in [0.05, 0.1) is 12.7 Å². The molecule has 2 saturated carbocycles. The molecule has 142 valence electrons. The van der Waals surface area contributed by atoms with E-state index in [0.29, 0.717) is 10.8 Å². The number of ether oxygens (including phenoxy) is 2. The van der Waals surface area contributed by atoms with Gasteiger partial charge in [-0.3, -0.25) is 0 Å². The highest BCUT2D eigenvalue weighted by molar-refractivity contribution is 5.25. The van der Waals surface area contributed by atoms with Crippen molar-refractivity contribution in [3.05, 3.63) is 11.6 Å². The van der Waals surface area contributed by atoms with Crippen LogP contribution < -0.4 is 0 Å². The Morgan fingerprint density at radius 3 is 2.40 bits per heavy atom. The fraction of sp³-hybridized carbons (Fsp3) is 0.913. The third-order valence-corrected chi connectivity index (χ3v) is 8.47. The molecule has 3 fully saturated rings. The summed E-state index contributed by atoms with van der Waals surface area (Å²) < 4.78 is 12.2. The molecule has 4 aliphatic rings. The molecule has 0 aromatic heterocycles. The average molecular weight is 347 g/mol. The lowest BCUT2D eigenvalue weighted by Crippen LogP contribution is -2.51. The molecular weight excluding hydrogens is 308 g/mol. The fourth-order valence-corrected chi connectivity index (χ4v) is 7.12. The van der Waals surface area contributed by atoms with E-state index in [1.165, 1.54) is 44.9 Å². The van der Waals surface area contributed by atoms with E-state index in [1.807, 2.05) is 13.8 Å². The van der Waals surface area contributed by atoms with Crippen LogP contribution in [0.4, 0.5) is 0 Å². The van der Waals surface area contributed by atoms with Crippen LogP contribution in [-0.4, -0.2) is 18.5 Å². The highest BCUT2D eigenvalue weighted by Crippen LogP contribution is 2.64. The summed E-state index contributed by atoms with van der Waals surface area (Å²) in [6.07, 6.45) is 12.4. The van der Waals surface area contributed by atoms with Crippen LogP contribution in [0.2, 0.25) is 0 Å². The molecule has 1 heterocycles. The quantitative estimate of drug-likeness (QED) is 0.533. The first-order chi connectivity index (χ1) is 11.6. The van der Waals surface area contributed by atoms with Crippen LogP contribution in [0.15, 0.2) is 11.6 Å². The molecule has 0 aromatic carbocycles. The van der Waals surface area contributed by atoms with Gasteiger partial charge < -0.3 is 9.47 Å². The van der Waals surface area contributed by atoms with Crippen LogP contribution >= 0.6 is 0 Å². The Morgan fingerprint density at radius 2 is 1.72 bits per heavy atom. The van der Waals surface area contributed by atoms with Crippen molar-refractivity contribution in [3.63, 3.8) is 0 Å². The van der Waals surface area contributed by atoms with Crippen molar-refractivity contribution in [3.8, 4) is 0 Å². The second-order valence-corrected chi connectivity index (χ2v) is 11.1. The lowest BCUT2D eigenvalue weighted by Gasteiger charge is -2.60. The van der Waals surface area contributed by atoms with Gasteiger partial charge in [0.1, 0.15) is 0 Å². The second-order valence-electron chi connectivity index (χ2n) is 11.1. The Morgan fingerprint density at radius 1 is 0.960 bits per heavy atom. The molecule has 1 aliphatic heterocycles. The van der Waals surface area contributed by atoms with Crippen LogP contribution in [0.1, 0.15) is 86.5 Å². The summed E-state index contributed by atoms with van der Waals surface area (Å²) in [7, 11) is 0. The second kappa shape index (κ2) is 5.58. The van der Waals surface area contributed by atoms with E-state index in [9.17, 15) is 0 Å². The van der Waals surface area contributed by atoms with E-state index >= 15 is 0 Å². The van der Waals surface area contributed by atoms with Gasteiger partial charge in [0.25, 0.3) is 0 Å². The molecule has 3 aliphatic carbocycles. The molecule has 0 radical (unpaired) electrons. The van der Waals surface area contributed by atoms with Crippen LogP contribution in [0.3, 0.4) is 0 Å². The fourth-order valence-electron chi connectivity index (χ4n) is 7.12. The highest BCUT2D eigenvalue weighted by Gasteiger charge is 2.55. The summed E-state index contributed by atoms with van der Waals surface area (Å²) in [6, 6.07) is 0. The van der Waals surface area contributed by atoms with Crippen molar-refractivity contribution in [1.29, 1.82) is 0 Å². The average Bonchev–Trinajstić information content (AvgIpc) is 2.87. The molecule has 3 unspecified atom stereocenters. The molecule has 25 heavy (non-hydrogen) atoms. The maximum Gasteiger partial charge on any atom is 0.163 e. The maximum absolute atomic E-state index is 6.27. The zero-order valence-electron chi connectivity index (χ0n) is 17.3. The van der Waals surface area contributed by atoms with Crippen molar-refractivity contribution < 1.29 is 9.47 Å². The zero-order chi connectivity index (χ0) is 18.1. The van der Waals surface area contributed by atoms with Gasteiger partial charge in [-0.2, -0.15) is 0 Å². The monoisotopic (exact) mass is 346 g/mol. The first kappa shape index (κ1) is 18.0. The van der Waals surface area contributed by atoms with Crippen LogP contribution in [0.25, 0.3) is 0 Å². The normalized spacial score (nSPS) is 48.4. The molecule has 0 bridgehead atoms. The van der Waals surface area contributed by atoms with Crippen molar-refractivity contribution in [2.24, 2.45) is 28.1 Å². The lowest BCUT2D eigenvalue weighted by atomic mass is 9.45. The molecule has 0 spiro atoms. The molecule has 4 rings (SSSR count). The lowest BCUT2D eigenvalue weighted by molar-refractivity contribution is -0.151. The van der Waals surface area contributed by atoms with Gasteiger partial charge in [-0.25, -0.2) is 0 Å². The molecule has 0 N–H and O–H groups in total. The van der Waals surface area contributed by atoms with Crippen molar-refractivity contribution in [2.45, 2.75) is 98.4 Å². The molecule has 5 atom stereocenters.